The highest BCUT2D eigenvalue weighted by Gasteiger charge is 2.14. The van der Waals surface area contributed by atoms with Crippen LogP contribution >= 0.6 is 0 Å². The maximum Gasteiger partial charge on any atom is 0.263 e. The lowest BCUT2D eigenvalue weighted by Crippen LogP contribution is -2.18. The summed E-state index contributed by atoms with van der Waals surface area (Å²) in [5.74, 6) is 1.84. The van der Waals surface area contributed by atoms with Crippen LogP contribution in [0.25, 0.3) is 11.7 Å². The Balaban J connectivity index is 2.17. The molecule has 0 aliphatic rings. The quantitative estimate of drug-likeness (QED) is 0.754. The first-order valence-electron chi connectivity index (χ1n) is 5.26. The van der Waals surface area contributed by atoms with E-state index in [9.17, 15) is 0 Å². The van der Waals surface area contributed by atoms with Crippen LogP contribution in [0.3, 0.4) is 0 Å². The number of oxazole rings is 1. The second-order valence-corrected chi connectivity index (χ2v) is 3.83. The number of hydrogen-bond acceptors (Lipinski definition) is 5. The summed E-state index contributed by atoms with van der Waals surface area (Å²) >= 11 is 0. The minimum atomic E-state index is 0.363. The molecule has 0 aromatic carbocycles. The first-order chi connectivity index (χ1) is 8.20. The Hall–Kier alpha value is -2.06. The molecule has 2 rings (SSSR count). The van der Waals surface area contributed by atoms with Crippen LogP contribution in [0.2, 0.25) is 0 Å². The van der Waals surface area contributed by atoms with Gasteiger partial charge in [0.25, 0.3) is 5.89 Å². The van der Waals surface area contributed by atoms with E-state index in [1.165, 1.54) is 0 Å². The molecule has 0 N–H and O–H groups in total. The Labute approximate surface area is 99.3 Å². The molecule has 2 aromatic heterocycles. The molecule has 2 aromatic rings. The maximum atomic E-state index is 8.59. The Morgan fingerprint density at radius 1 is 1.53 bits per heavy atom. The topological polar surface area (TPSA) is 66.2 Å². The zero-order chi connectivity index (χ0) is 12.3. The summed E-state index contributed by atoms with van der Waals surface area (Å²) < 4.78 is 10.7. The van der Waals surface area contributed by atoms with Crippen LogP contribution in [0.15, 0.2) is 27.2 Å². The van der Waals surface area contributed by atoms with Gasteiger partial charge in [-0.15, -0.1) is 0 Å². The molecule has 0 saturated heterocycles. The smallest absolute Gasteiger partial charge is 0.263 e. The fourth-order valence-corrected chi connectivity index (χ4v) is 1.51. The molecule has 0 spiro atoms. The Kier molecular flexibility index (Phi) is 3.26. The third-order valence-electron chi connectivity index (χ3n) is 2.38. The Morgan fingerprint density at radius 3 is 3.00 bits per heavy atom. The fraction of sp³-hybridized carbons (Fsp3) is 0.333. The number of rotatable bonds is 4. The molecule has 0 atom stereocenters. The minimum absolute atomic E-state index is 0.363. The first-order valence-corrected chi connectivity index (χ1v) is 5.26. The van der Waals surface area contributed by atoms with E-state index in [-0.39, 0.29) is 0 Å². The highest BCUT2D eigenvalue weighted by atomic mass is 16.4. The molecule has 0 saturated carbocycles. The van der Waals surface area contributed by atoms with E-state index in [1.54, 1.807) is 18.4 Å². The third kappa shape index (κ3) is 2.55. The second-order valence-electron chi connectivity index (χ2n) is 3.83. The van der Waals surface area contributed by atoms with Gasteiger partial charge in [0.2, 0.25) is 0 Å². The number of aryl methyl sites for hydroxylation is 1. The van der Waals surface area contributed by atoms with Gasteiger partial charge in [-0.1, -0.05) is 0 Å². The van der Waals surface area contributed by atoms with Gasteiger partial charge in [-0.2, -0.15) is 5.26 Å². The van der Waals surface area contributed by atoms with Crippen molar-refractivity contribution in [2.24, 2.45) is 0 Å². The summed E-state index contributed by atoms with van der Waals surface area (Å²) in [5, 5.41) is 8.59. The van der Waals surface area contributed by atoms with Crippen LogP contribution < -0.4 is 0 Å². The van der Waals surface area contributed by atoms with E-state index in [0.29, 0.717) is 24.7 Å². The van der Waals surface area contributed by atoms with Gasteiger partial charge in [0.1, 0.15) is 5.76 Å². The van der Waals surface area contributed by atoms with Crippen molar-refractivity contribution in [1.29, 1.82) is 5.26 Å². The molecule has 5 heteroatoms. The van der Waals surface area contributed by atoms with Gasteiger partial charge >= 0.3 is 0 Å². The van der Waals surface area contributed by atoms with Crippen LogP contribution in [-0.4, -0.2) is 23.5 Å². The van der Waals surface area contributed by atoms with Crippen molar-refractivity contribution in [3.05, 3.63) is 29.9 Å². The zero-order valence-corrected chi connectivity index (χ0v) is 9.80. The van der Waals surface area contributed by atoms with Gasteiger partial charge in [-0.05, 0) is 26.1 Å². The summed E-state index contributed by atoms with van der Waals surface area (Å²) in [6, 6.07) is 5.68. The van der Waals surface area contributed by atoms with Crippen LogP contribution in [0.4, 0.5) is 0 Å². The molecule has 0 aliphatic heterocycles. The molecular weight excluding hydrogens is 218 g/mol. The number of aromatic nitrogens is 1. The molecule has 5 nitrogen and oxygen atoms in total. The van der Waals surface area contributed by atoms with Crippen molar-refractivity contribution in [3.8, 4) is 17.7 Å². The largest absolute Gasteiger partial charge is 0.459 e. The fourth-order valence-electron chi connectivity index (χ4n) is 1.51. The van der Waals surface area contributed by atoms with Crippen LogP contribution in [0.1, 0.15) is 11.5 Å². The molecule has 88 valence electrons. The molecule has 0 bridgehead atoms. The molecular formula is C12H13N3O2. The molecule has 0 unspecified atom stereocenters. The summed E-state index contributed by atoms with van der Waals surface area (Å²) in [4.78, 5) is 6.23. The van der Waals surface area contributed by atoms with E-state index in [4.69, 9.17) is 14.1 Å². The van der Waals surface area contributed by atoms with E-state index in [1.807, 2.05) is 18.9 Å². The van der Waals surface area contributed by atoms with Crippen molar-refractivity contribution in [2.75, 3.05) is 13.6 Å². The van der Waals surface area contributed by atoms with Crippen molar-refractivity contribution in [3.63, 3.8) is 0 Å². The lowest BCUT2D eigenvalue weighted by molar-refractivity contribution is 0.360. The van der Waals surface area contributed by atoms with Gasteiger partial charge in [0.15, 0.2) is 5.76 Å². The van der Waals surface area contributed by atoms with Crippen LogP contribution in [0, 0.1) is 18.3 Å². The maximum absolute atomic E-state index is 8.59. The van der Waals surface area contributed by atoms with Crippen LogP contribution in [-0.2, 0) is 6.54 Å². The van der Waals surface area contributed by atoms with Gasteiger partial charge in [-0.25, -0.2) is 4.98 Å². The summed E-state index contributed by atoms with van der Waals surface area (Å²) in [7, 11) is 1.86. The predicted molar refractivity (Wildman–Crippen MR) is 60.9 cm³/mol. The molecule has 0 fully saturated rings. The van der Waals surface area contributed by atoms with E-state index >= 15 is 0 Å². The van der Waals surface area contributed by atoms with Gasteiger partial charge in [0, 0.05) is 6.54 Å². The standard InChI is InChI=1S/C12H13N3O2/c1-9-10(8-15(2)6-5-13)14-12(17-9)11-4-3-7-16-11/h3-4,7H,6,8H2,1-2H3. The monoisotopic (exact) mass is 231 g/mol. The molecule has 17 heavy (non-hydrogen) atoms. The average Bonchev–Trinajstić information content (AvgIpc) is 2.89. The number of nitriles is 1. The normalized spacial score (nSPS) is 10.7. The van der Waals surface area contributed by atoms with Crippen molar-refractivity contribution in [1.82, 2.24) is 9.88 Å². The highest BCUT2D eigenvalue weighted by molar-refractivity contribution is 5.44. The lowest BCUT2D eigenvalue weighted by atomic mass is 10.3. The van der Waals surface area contributed by atoms with E-state index in [0.717, 1.165) is 11.5 Å². The third-order valence-corrected chi connectivity index (χ3v) is 2.38. The number of hydrogen-bond donors (Lipinski definition) is 0. The van der Waals surface area contributed by atoms with E-state index in [2.05, 4.69) is 11.1 Å². The van der Waals surface area contributed by atoms with Gasteiger partial charge in [0.05, 0.1) is 24.6 Å². The van der Waals surface area contributed by atoms with Crippen LogP contribution in [0.5, 0.6) is 0 Å². The van der Waals surface area contributed by atoms with Gasteiger partial charge in [-0.3, -0.25) is 4.90 Å². The van der Waals surface area contributed by atoms with Crippen molar-refractivity contribution >= 4 is 0 Å². The molecule has 0 amide bonds. The minimum Gasteiger partial charge on any atom is -0.459 e. The Morgan fingerprint density at radius 2 is 2.35 bits per heavy atom. The van der Waals surface area contributed by atoms with E-state index < -0.39 is 0 Å². The zero-order valence-electron chi connectivity index (χ0n) is 9.80. The molecule has 0 aliphatic carbocycles. The Bertz CT molecular complexity index is 522. The number of nitrogens with zero attached hydrogens (tertiary/aromatic N) is 3. The SMILES string of the molecule is Cc1oc(-c2ccco2)nc1CN(C)CC#N. The molecule has 2 heterocycles. The first kappa shape index (κ1) is 11.4. The average molecular weight is 231 g/mol. The second kappa shape index (κ2) is 4.85. The predicted octanol–water partition coefficient (Wildman–Crippen LogP) is 2.20. The van der Waals surface area contributed by atoms with Crippen molar-refractivity contribution in [2.45, 2.75) is 13.5 Å². The van der Waals surface area contributed by atoms with Gasteiger partial charge < -0.3 is 8.83 Å². The highest BCUT2D eigenvalue weighted by Crippen LogP contribution is 2.22. The molecule has 0 radical (unpaired) electrons. The summed E-state index contributed by atoms with van der Waals surface area (Å²) in [6.45, 7) is 2.81. The number of furan rings is 1. The summed E-state index contributed by atoms with van der Waals surface area (Å²) in [6.07, 6.45) is 1.58. The summed E-state index contributed by atoms with van der Waals surface area (Å²) in [5.41, 5.74) is 0.828. The lowest BCUT2D eigenvalue weighted by Gasteiger charge is -2.09. The van der Waals surface area contributed by atoms with Crippen molar-refractivity contribution < 1.29 is 8.83 Å².